The van der Waals surface area contributed by atoms with Crippen LogP contribution < -0.4 is 4.90 Å². The summed E-state index contributed by atoms with van der Waals surface area (Å²) in [5, 5.41) is 26.8. The lowest BCUT2D eigenvalue weighted by Crippen LogP contribution is -2.24. The maximum Gasteiger partial charge on any atom is 0.101 e. The van der Waals surface area contributed by atoms with Crippen molar-refractivity contribution in [1.29, 1.82) is 10.5 Å². The van der Waals surface area contributed by atoms with Gasteiger partial charge in [-0.1, -0.05) is 6.07 Å². The van der Waals surface area contributed by atoms with Gasteiger partial charge < -0.3 is 10.0 Å². The van der Waals surface area contributed by atoms with Crippen molar-refractivity contribution < 1.29 is 5.11 Å². The minimum Gasteiger partial charge on any atom is -0.392 e. The first-order valence-electron chi connectivity index (χ1n) is 5.37. The predicted octanol–water partition coefficient (Wildman–Crippen LogP) is 1.65. The molecule has 0 aliphatic heterocycles. The van der Waals surface area contributed by atoms with Crippen molar-refractivity contribution in [3.8, 4) is 12.1 Å². The summed E-state index contributed by atoms with van der Waals surface area (Å²) >= 11 is 0. The average molecular weight is 229 g/mol. The fraction of sp³-hybridized carbons (Fsp3) is 0.385. The van der Waals surface area contributed by atoms with Crippen LogP contribution in [0.5, 0.6) is 0 Å². The number of aliphatic hydroxyl groups is 1. The highest BCUT2D eigenvalue weighted by Gasteiger charge is 2.10. The van der Waals surface area contributed by atoms with E-state index in [1.54, 1.807) is 18.2 Å². The highest BCUT2D eigenvalue weighted by Crippen LogP contribution is 2.21. The maximum absolute atomic E-state index is 9.06. The summed E-state index contributed by atoms with van der Waals surface area (Å²) in [6.07, 6.45) is 0. The summed E-state index contributed by atoms with van der Waals surface area (Å²) in [7, 11) is 1.85. The molecule has 17 heavy (non-hydrogen) atoms. The zero-order chi connectivity index (χ0) is 12.8. The molecule has 0 aliphatic carbocycles. The van der Waals surface area contributed by atoms with Gasteiger partial charge in [0.25, 0.3) is 0 Å². The number of rotatable bonds is 4. The molecule has 0 fully saturated rings. The number of aliphatic hydroxyl groups excluding tert-OH is 1. The molecule has 1 aromatic rings. The van der Waals surface area contributed by atoms with Crippen LogP contribution in [0, 0.1) is 28.6 Å². The Bertz CT molecular complexity index is 471. The second-order valence-corrected chi connectivity index (χ2v) is 4.03. The van der Waals surface area contributed by atoms with Crippen LogP contribution in [0.25, 0.3) is 0 Å². The highest BCUT2D eigenvalue weighted by atomic mass is 16.3. The summed E-state index contributed by atoms with van der Waals surface area (Å²) in [6, 6.07) is 9.52. The van der Waals surface area contributed by atoms with E-state index in [1.807, 2.05) is 18.9 Å². The molecule has 0 aliphatic rings. The van der Waals surface area contributed by atoms with E-state index in [0.717, 1.165) is 5.69 Å². The molecular weight excluding hydrogens is 214 g/mol. The van der Waals surface area contributed by atoms with Crippen molar-refractivity contribution in [2.45, 2.75) is 13.5 Å². The van der Waals surface area contributed by atoms with Gasteiger partial charge in [-0.2, -0.15) is 10.5 Å². The molecule has 1 atom stereocenters. The van der Waals surface area contributed by atoms with Gasteiger partial charge in [0.15, 0.2) is 0 Å². The molecule has 0 heterocycles. The van der Waals surface area contributed by atoms with E-state index >= 15 is 0 Å². The fourth-order valence-corrected chi connectivity index (χ4v) is 1.65. The predicted molar refractivity (Wildman–Crippen MR) is 65.1 cm³/mol. The van der Waals surface area contributed by atoms with Crippen molar-refractivity contribution >= 4 is 5.69 Å². The largest absolute Gasteiger partial charge is 0.392 e. The van der Waals surface area contributed by atoms with Crippen LogP contribution in [0.4, 0.5) is 5.69 Å². The molecule has 0 spiro atoms. The van der Waals surface area contributed by atoms with E-state index in [2.05, 4.69) is 12.1 Å². The molecule has 0 bridgehead atoms. The second-order valence-electron chi connectivity index (χ2n) is 4.03. The number of benzene rings is 1. The summed E-state index contributed by atoms with van der Waals surface area (Å²) in [6.45, 7) is 2.33. The minimum atomic E-state index is -0.0935. The lowest BCUT2D eigenvalue weighted by Gasteiger charge is -2.21. The van der Waals surface area contributed by atoms with Gasteiger partial charge in [-0.15, -0.1) is 0 Å². The van der Waals surface area contributed by atoms with Crippen molar-refractivity contribution in [3.63, 3.8) is 0 Å². The van der Waals surface area contributed by atoms with Gasteiger partial charge in [0, 0.05) is 13.6 Å². The van der Waals surface area contributed by atoms with Gasteiger partial charge in [0.2, 0.25) is 0 Å². The van der Waals surface area contributed by atoms with Crippen LogP contribution in [0.3, 0.4) is 0 Å². The van der Waals surface area contributed by atoms with Crippen molar-refractivity contribution in [1.82, 2.24) is 0 Å². The van der Waals surface area contributed by atoms with E-state index in [0.29, 0.717) is 17.7 Å². The summed E-state index contributed by atoms with van der Waals surface area (Å²) in [4.78, 5) is 1.88. The molecular formula is C13H15N3O. The number of hydrogen-bond donors (Lipinski definition) is 1. The minimum absolute atomic E-state index is 0.0761. The van der Waals surface area contributed by atoms with Crippen molar-refractivity contribution in [2.75, 3.05) is 18.5 Å². The van der Waals surface area contributed by atoms with Gasteiger partial charge in [0.05, 0.1) is 29.8 Å². The summed E-state index contributed by atoms with van der Waals surface area (Å²) in [5.41, 5.74) is 2.02. The molecule has 88 valence electrons. The van der Waals surface area contributed by atoms with E-state index in [9.17, 15) is 0 Å². The van der Waals surface area contributed by atoms with Gasteiger partial charge in [0.1, 0.15) is 6.07 Å². The number of nitrogens with zero attached hydrogens (tertiary/aromatic N) is 3. The molecule has 1 unspecified atom stereocenters. The molecule has 0 saturated heterocycles. The average Bonchev–Trinajstić information content (AvgIpc) is 2.37. The Balaban J connectivity index is 2.98. The van der Waals surface area contributed by atoms with Crippen molar-refractivity contribution in [3.05, 3.63) is 29.3 Å². The zero-order valence-corrected chi connectivity index (χ0v) is 10.0. The molecule has 4 heteroatoms. The van der Waals surface area contributed by atoms with E-state index in [-0.39, 0.29) is 12.5 Å². The molecule has 4 nitrogen and oxygen atoms in total. The van der Waals surface area contributed by atoms with E-state index < -0.39 is 0 Å². The third-order valence-electron chi connectivity index (χ3n) is 2.54. The summed E-state index contributed by atoms with van der Waals surface area (Å²) in [5.74, 6) is -0.0935. The summed E-state index contributed by atoms with van der Waals surface area (Å²) < 4.78 is 0. The lowest BCUT2D eigenvalue weighted by molar-refractivity contribution is 0.282. The van der Waals surface area contributed by atoms with Crippen molar-refractivity contribution in [2.24, 2.45) is 5.92 Å². The Morgan fingerprint density at radius 3 is 2.65 bits per heavy atom. The second kappa shape index (κ2) is 5.89. The fourth-order valence-electron chi connectivity index (χ4n) is 1.65. The van der Waals surface area contributed by atoms with Crippen LogP contribution in [0.1, 0.15) is 18.1 Å². The number of nitriles is 2. The monoisotopic (exact) mass is 229 g/mol. The Kier molecular flexibility index (Phi) is 4.51. The van der Waals surface area contributed by atoms with E-state index in [4.69, 9.17) is 15.6 Å². The smallest absolute Gasteiger partial charge is 0.101 e. The standard InChI is InChI=1S/C13H15N3O/c1-10(6-14)8-16(2)13-4-3-11(9-17)5-12(13)7-15/h3-5,10,17H,8-9H2,1-2H3. The molecule has 1 N–H and O–H groups in total. The van der Waals surface area contributed by atoms with E-state index in [1.165, 1.54) is 0 Å². The molecule has 1 rings (SSSR count). The van der Waals surface area contributed by atoms with Crippen LogP contribution >= 0.6 is 0 Å². The normalized spacial score (nSPS) is 11.4. The SMILES string of the molecule is CC(C#N)CN(C)c1ccc(CO)cc1C#N. The van der Waals surface area contributed by atoms with Gasteiger partial charge in [-0.25, -0.2) is 0 Å². The number of anilines is 1. The Labute approximate surface area is 101 Å². The maximum atomic E-state index is 9.06. The van der Waals surface area contributed by atoms with Crippen LogP contribution in [-0.2, 0) is 6.61 Å². The number of hydrogen-bond acceptors (Lipinski definition) is 4. The molecule has 0 amide bonds. The first-order valence-corrected chi connectivity index (χ1v) is 5.37. The first-order chi connectivity index (χ1) is 8.12. The van der Waals surface area contributed by atoms with Crippen LogP contribution in [0.2, 0.25) is 0 Å². The highest BCUT2D eigenvalue weighted by molar-refractivity contribution is 5.60. The zero-order valence-electron chi connectivity index (χ0n) is 10.0. The Morgan fingerprint density at radius 2 is 2.12 bits per heavy atom. The molecule has 0 radical (unpaired) electrons. The van der Waals surface area contributed by atoms with Gasteiger partial charge in [-0.05, 0) is 24.6 Å². The quantitative estimate of drug-likeness (QED) is 0.852. The Morgan fingerprint density at radius 1 is 1.41 bits per heavy atom. The van der Waals surface area contributed by atoms with Crippen LogP contribution in [-0.4, -0.2) is 18.7 Å². The molecule has 1 aromatic carbocycles. The third kappa shape index (κ3) is 3.21. The topological polar surface area (TPSA) is 71.1 Å². The third-order valence-corrected chi connectivity index (χ3v) is 2.54. The Hall–Kier alpha value is -2.04. The van der Waals surface area contributed by atoms with Crippen LogP contribution in [0.15, 0.2) is 18.2 Å². The lowest BCUT2D eigenvalue weighted by atomic mass is 10.1. The molecule has 0 saturated carbocycles. The molecule has 0 aromatic heterocycles. The van der Waals surface area contributed by atoms with Gasteiger partial charge >= 0.3 is 0 Å². The first kappa shape index (κ1) is 13.0. The van der Waals surface area contributed by atoms with Gasteiger partial charge in [-0.3, -0.25) is 0 Å².